The van der Waals surface area contributed by atoms with Gasteiger partial charge in [-0.25, -0.2) is 14.0 Å². The number of piperidine rings is 1. The van der Waals surface area contributed by atoms with Crippen molar-refractivity contribution in [3.63, 3.8) is 0 Å². The fraction of sp³-hybridized carbons (Fsp3) is 0.600. The van der Waals surface area contributed by atoms with Crippen molar-refractivity contribution in [2.45, 2.75) is 77.7 Å². The lowest BCUT2D eigenvalue weighted by atomic mass is 9.92. The summed E-state index contributed by atoms with van der Waals surface area (Å²) in [5.74, 6) is -1.71. The second-order valence-electron chi connectivity index (χ2n) is 7.96. The first-order valence-corrected chi connectivity index (χ1v) is 9.22. The van der Waals surface area contributed by atoms with Crippen LogP contribution in [0.5, 0.6) is 5.75 Å². The number of aromatic carboxylic acids is 1. The van der Waals surface area contributed by atoms with Crippen LogP contribution in [0.2, 0.25) is 0 Å². The zero-order valence-electron chi connectivity index (χ0n) is 16.5. The van der Waals surface area contributed by atoms with E-state index in [1.165, 1.54) is 6.07 Å². The Labute approximate surface area is 159 Å². The Morgan fingerprint density at radius 2 is 1.96 bits per heavy atom. The molecule has 1 saturated heterocycles. The summed E-state index contributed by atoms with van der Waals surface area (Å²) < 4.78 is 24.9. The number of benzene rings is 1. The predicted molar refractivity (Wildman–Crippen MR) is 98.6 cm³/mol. The van der Waals surface area contributed by atoms with Gasteiger partial charge in [0.25, 0.3) is 0 Å². The second-order valence-corrected chi connectivity index (χ2v) is 7.96. The van der Waals surface area contributed by atoms with Gasteiger partial charge in [0.1, 0.15) is 28.8 Å². The molecule has 1 aliphatic heterocycles. The van der Waals surface area contributed by atoms with Gasteiger partial charge in [-0.2, -0.15) is 0 Å². The van der Waals surface area contributed by atoms with Gasteiger partial charge in [-0.15, -0.1) is 0 Å². The summed E-state index contributed by atoms with van der Waals surface area (Å²) in [6, 6.07) is 3.14. The monoisotopic (exact) mass is 381 g/mol. The molecular weight excluding hydrogens is 353 g/mol. The van der Waals surface area contributed by atoms with Gasteiger partial charge in [0, 0.05) is 31.0 Å². The van der Waals surface area contributed by atoms with Crippen molar-refractivity contribution >= 4 is 12.1 Å². The first kappa shape index (κ1) is 21.0. The molecule has 1 aliphatic rings. The van der Waals surface area contributed by atoms with E-state index in [1.54, 1.807) is 4.90 Å². The number of carbonyl (C=O) groups is 2. The number of rotatable bonds is 4. The van der Waals surface area contributed by atoms with Gasteiger partial charge in [-0.05, 0) is 46.2 Å². The SMILES string of the molecule is CCC1C[C@@H](Oc2cc(F)ccc2C(=O)O)CC(C)N1C(=O)OC(C)(C)C. The van der Waals surface area contributed by atoms with E-state index < -0.39 is 17.4 Å². The molecule has 0 saturated carbocycles. The first-order chi connectivity index (χ1) is 12.5. The summed E-state index contributed by atoms with van der Waals surface area (Å²) >= 11 is 0. The molecule has 27 heavy (non-hydrogen) atoms. The number of hydrogen-bond acceptors (Lipinski definition) is 4. The van der Waals surface area contributed by atoms with Crippen molar-refractivity contribution in [2.24, 2.45) is 0 Å². The number of ether oxygens (including phenoxy) is 2. The van der Waals surface area contributed by atoms with Crippen LogP contribution >= 0.6 is 0 Å². The number of amides is 1. The molecule has 1 heterocycles. The molecule has 1 N–H and O–H groups in total. The number of carbonyl (C=O) groups excluding carboxylic acids is 1. The average molecular weight is 381 g/mol. The Balaban J connectivity index is 2.17. The maximum atomic E-state index is 13.6. The molecular formula is C20H28FNO5. The Hall–Kier alpha value is -2.31. The summed E-state index contributed by atoms with van der Waals surface area (Å²) in [4.78, 5) is 25.7. The van der Waals surface area contributed by atoms with Crippen LogP contribution in [-0.2, 0) is 4.74 Å². The van der Waals surface area contributed by atoms with E-state index in [2.05, 4.69) is 0 Å². The fourth-order valence-corrected chi connectivity index (χ4v) is 3.42. The molecule has 0 radical (unpaired) electrons. The van der Waals surface area contributed by atoms with Gasteiger partial charge in [-0.3, -0.25) is 0 Å². The molecule has 0 aliphatic carbocycles. The third kappa shape index (κ3) is 5.34. The number of hydrogen-bond donors (Lipinski definition) is 1. The lowest BCUT2D eigenvalue weighted by molar-refractivity contribution is -0.0223. The highest BCUT2D eigenvalue weighted by Crippen LogP contribution is 2.31. The molecule has 3 atom stereocenters. The van der Waals surface area contributed by atoms with Crippen molar-refractivity contribution in [3.05, 3.63) is 29.6 Å². The lowest BCUT2D eigenvalue weighted by Gasteiger charge is -2.43. The van der Waals surface area contributed by atoms with Crippen LogP contribution in [0.3, 0.4) is 0 Å². The summed E-state index contributed by atoms with van der Waals surface area (Å²) in [5, 5.41) is 9.29. The minimum absolute atomic E-state index is 0.0141. The van der Waals surface area contributed by atoms with E-state index in [1.807, 2.05) is 34.6 Å². The van der Waals surface area contributed by atoms with Crippen molar-refractivity contribution < 1.29 is 28.6 Å². The normalized spacial score (nSPS) is 23.0. The molecule has 2 unspecified atom stereocenters. The molecule has 0 spiro atoms. The molecule has 1 aromatic carbocycles. The molecule has 1 fully saturated rings. The topological polar surface area (TPSA) is 76.1 Å². The number of likely N-dealkylation sites (tertiary alicyclic amines) is 1. The molecule has 0 aromatic heterocycles. The lowest BCUT2D eigenvalue weighted by Crippen LogP contribution is -2.54. The Morgan fingerprint density at radius 3 is 2.52 bits per heavy atom. The van der Waals surface area contributed by atoms with E-state index in [0.717, 1.165) is 12.1 Å². The highest BCUT2D eigenvalue weighted by atomic mass is 19.1. The first-order valence-electron chi connectivity index (χ1n) is 9.22. The van der Waals surface area contributed by atoms with Crippen molar-refractivity contribution in [2.75, 3.05) is 0 Å². The van der Waals surface area contributed by atoms with Crippen molar-refractivity contribution in [3.8, 4) is 5.75 Å². The molecule has 6 nitrogen and oxygen atoms in total. The highest BCUT2D eigenvalue weighted by molar-refractivity contribution is 5.90. The number of halogens is 1. The fourth-order valence-electron chi connectivity index (χ4n) is 3.42. The van der Waals surface area contributed by atoms with Crippen LogP contribution < -0.4 is 4.74 Å². The van der Waals surface area contributed by atoms with E-state index in [0.29, 0.717) is 19.3 Å². The molecule has 150 valence electrons. The van der Waals surface area contributed by atoms with Crippen LogP contribution in [0.15, 0.2) is 18.2 Å². The van der Waals surface area contributed by atoms with Crippen molar-refractivity contribution in [1.82, 2.24) is 4.90 Å². The van der Waals surface area contributed by atoms with Crippen LogP contribution in [0.1, 0.15) is 64.2 Å². The van der Waals surface area contributed by atoms with Crippen molar-refractivity contribution in [1.29, 1.82) is 0 Å². The van der Waals surface area contributed by atoms with Gasteiger partial charge in [-0.1, -0.05) is 6.92 Å². The molecule has 1 amide bonds. The quantitative estimate of drug-likeness (QED) is 0.833. The Kier molecular flexibility index (Phi) is 6.34. The smallest absolute Gasteiger partial charge is 0.410 e. The second kappa shape index (κ2) is 8.15. The van der Waals surface area contributed by atoms with Gasteiger partial charge < -0.3 is 19.5 Å². The summed E-state index contributed by atoms with van der Waals surface area (Å²) in [7, 11) is 0. The minimum atomic E-state index is -1.17. The van der Waals surface area contributed by atoms with Gasteiger partial charge in [0.15, 0.2) is 0 Å². The zero-order chi connectivity index (χ0) is 20.4. The maximum absolute atomic E-state index is 13.6. The molecule has 0 bridgehead atoms. The predicted octanol–water partition coefficient (Wildman–Crippen LogP) is 4.47. The van der Waals surface area contributed by atoms with Crippen LogP contribution in [0, 0.1) is 5.82 Å². The van der Waals surface area contributed by atoms with E-state index in [-0.39, 0.29) is 35.6 Å². The summed E-state index contributed by atoms with van der Waals surface area (Å²) in [5.41, 5.74) is -0.660. The third-order valence-corrected chi connectivity index (χ3v) is 4.55. The minimum Gasteiger partial charge on any atom is -0.489 e. The molecule has 1 aromatic rings. The summed E-state index contributed by atoms with van der Waals surface area (Å²) in [6.07, 6.45) is 1.06. The number of nitrogens with zero attached hydrogens (tertiary/aromatic N) is 1. The molecule has 2 rings (SSSR count). The van der Waals surface area contributed by atoms with Crippen LogP contribution in [-0.4, -0.2) is 45.9 Å². The highest BCUT2D eigenvalue weighted by Gasteiger charge is 2.38. The number of carboxylic acid groups (broad SMARTS) is 1. The maximum Gasteiger partial charge on any atom is 0.410 e. The van der Waals surface area contributed by atoms with Crippen LogP contribution in [0.4, 0.5) is 9.18 Å². The van der Waals surface area contributed by atoms with Gasteiger partial charge in [0.2, 0.25) is 0 Å². The van der Waals surface area contributed by atoms with Gasteiger partial charge in [0.05, 0.1) is 0 Å². The average Bonchev–Trinajstić information content (AvgIpc) is 2.52. The number of carboxylic acids is 1. The largest absolute Gasteiger partial charge is 0.489 e. The Bertz CT molecular complexity index is 700. The van der Waals surface area contributed by atoms with E-state index >= 15 is 0 Å². The third-order valence-electron chi connectivity index (χ3n) is 4.55. The standard InChI is InChI=1S/C20H28FNO5/c1-6-14-11-15(9-12(2)22(14)19(25)27-20(3,4)5)26-17-10-13(21)7-8-16(17)18(23)24/h7-8,10,12,14-15H,6,9,11H2,1-5H3,(H,23,24)/t12?,14?,15-/m0/s1. The van der Waals surface area contributed by atoms with Crippen LogP contribution in [0.25, 0.3) is 0 Å². The van der Waals surface area contributed by atoms with E-state index in [4.69, 9.17) is 9.47 Å². The Morgan fingerprint density at radius 1 is 1.30 bits per heavy atom. The summed E-state index contributed by atoms with van der Waals surface area (Å²) in [6.45, 7) is 9.35. The van der Waals surface area contributed by atoms with E-state index in [9.17, 15) is 19.1 Å². The molecule has 7 heteroatoms. The zero-order valence-corrected chi connectivity index (χ0v) is 16.5. The van der Waals surface area contributed by atoms with Gasteiger partial charge >= 0.3 is 12.1 Å².